The van der Waals surface area contributed by atoms with Crippen molar-refractivity contribution in [2.24, 2.45) is 0 Å². The summed E-state index contributed by atoms with van der Waals surface area (Å²) in [5.41, 5.74) is 0.576. The van der Waals surface area contributed by atoms with Crippen molar-refractivity contribution in [1.82, 2.24) is 0 Å². The van der Waals surface area contributed by atoms with Gasteiger partial charge < -0.3 is 15.0 Å². The van der Waals surface area contributed by atoms with E-state index in [9.17, 15) is 15.0 Å². The molecular formula is C10H8ClO3-. The number of carboxylic acids is 1. The van der Waals surface area contributed by atoms with Crippen molar-refractivity contribution < 1.29 is 15.0 Å². The summed E-state index contributed by atoms with van der Waals surface area (Å²) < 4.78 is 0. The molecule has 0 aliphatic carbocycles. The quantitative estimate of drug-likeness (QED) is 0.748. The molecule has 74 valence electrons. The molecule has 0 heterocycles. The Bertz CT molecular complexity index is 343. The van der Waals surface area contributed by atoms with Gasteiger partial charge in [0, 0.05) is 5.02 Å². The summed E-state index contributed by atoms with van der Waals surface area (Å²) in [6.45, 7) is 0. The van der Waals surface area contributed by atoms with Crippen molar-refractivity contribution in [3.05, 3.63) is 47.0 Å². The Hall–Kier alpha value is -1.32. The average molecular weight is 212 g/mol. The second kappa shape index (κ2) is 4.79. The van der Waals surface area contributed by atoms with Crippen LogP contribution in [0.15, 0.2) is 36.4 Å². The van der Waals surface area contributed by atoms with Crippen LogP contribution in [0, 0.1) is 0 Å². The van der Waals surface area contributed by atoms with Gasteiger partial charge in [-0.05, 0) is 29.8 Å². The molecule has 1 atom stereocenters. The molecule has 0 aromatic heterocycles. The van der Waals surface area contributed by atoms with Crippen molar-refractivity contribution in [2.45, 2.75) is 6.10 Å². The van der Waals surface area contributed by atoms with Gasteiger partial charge >= 0.3 is 0 Å². The highest BCUT2D eigenvalue weighted by Gasteiger charge is 2.01. The molecule has 0 saturated carbocycles. The Kier molecular flexibility index (Phi) is 3.68. The Balaban J connectivity index is 2.74. The summed E-state index contributed by atoms with van der Waals surface area (Å²) in [5, 5.41) is 20.1. The predicted molar refractivity (Wildman–Crippen MR) is 50.6 cm³/mol. The molecule has 1 N–H and O–H groups in total. The van der Waals surface area contributed by atoms with E-state index in [0.29, 0.717) is 10.6 Å². The van der Waals surface area contributed by atoms with Gasteiger partial charge in [-0.1, -0.05) is 23.7 Å². The molecule has 1 rings (SSSR count). The predicted octanol–water partition coefficient (Wildman–Crippen LogP) is 0.679. The Morgan fingerprint density at radius 2 is 2.00 bits per heavy atom. The number of carbonyl (C=O) groups is 1. The molecule has 0 aliphatic rings. The van der Waals surface area contributed by atoms with Gasteiger partial charge in [0.15, 0.2) is 0 Å². The summed E-state index contributed by atoms with van der Waals surface area (Å²) in [6, 6.07) is 6.47. The van der Waals surface area contributed by atoms with Gasteiger partial charge in [0.05, 0.1) is 12.1 Å². The molecule has 0 bridgehead atoms. The van der Waals surface area contributed by atoms with E-state index in [2.05, 4.69) is 0 Å². The van der Waals surface area contributed by atoms with E-state index in [1.807, 2.05) is 0 Å². The van der Waals surface area contributed by atoms with E-state index in [-0.39, 0.29) is 0 Å². The average Bonchev–Trinajstić information content (AvgIpc) is 2.15. The smallest absolute Gasteiger partial charge is 0.0975 e. The number of hydrogen-bond donors (Lipinski definition) is 1. The Morgan fingerprint density at radius 3 is 2.50 bits per heavy atom. The summed E-state index contributed by atoms with van der Waals surface area (Å²) >= 11 is 5.64. The Morgan fingerprint density at radius 1 is 1.43 bits per heavy atom. The summed E-state index contributed by atoms with van der Waals surface area (Å²) in [6.07, 6.45) is 0.975. The highest BCUT2D eigenvalue weighted by Crippen LogP contribution is 2.16. The van der Waals surface area contributed by atoms with Crippen molar-refractivity contribution in [3.63, 3.8) is 0 Å². The molecule has 1 aromatic carbocycles. The van der Waals surface area contributed by atoms with Crippen molar-refractivity contribution in [2.75, 3.05) is 0 Å². The van der Waals surface area contributed by atoms with Gasteiger partial charge in [0.1, 0.15) is 0 Å². The molecule has 0 fully saturated rings. The minimum atomic E-state index is -1.34. The number of halogens is 1. The van der Waals surface area contributed by atoms with Crippen LogP contribution in [0.3, 0.4) is 0 Å². The van der Waals surface area contributed by atoms with Crippen LogP contribution in [0.25, 0.3) is 0 Å². The number of benzene rings is 1. The number of aliphatic hydroxyl groups is 1. The number of carbonyl (C=O) groups excluding carboxylic acids is 1. The maximum atomic E-state index is 10.1. The SMILES string of the molecule is O=C([O-])/C=C/C(O)c1ccc(Cl)cc1. The van der Waals surface area contributed by atoms with E-state index < -0.39 is 12.1 Å². The fraction of sp³-hybridized carbons (Fsp3) is 0.100. The second-order valence-corrected chi connectivity index (χ2v) is 3.11. The summed E-state index contributed by atoms with van der Waals surface area (Å²) in [7, 11) is 0. The van der Waals surface area contributed by atoms with Crippen LogP contribution < -0.4 is 5.11 Å². The normalized spacial score (nSPS) is 13.0. The minimum absolute atomic E-state index is 0.560. The molecule has 0 saturated heterocycles. The first kappa shape index (κ1) is 10.8. The van der Waals surface area contributed by atoms with Crippen molar-refractivity contribution in [3.8, 4) is 0 Å². The van der Waals surface area contributed by atoms with Crippen LogP contribution in [0.2, 0.25) is 5.02 Å². The largest absolute Gasteiger partial charge is 0.545 e. The Labute approximate surface area is 86.3 Å². The zero-order valence-electron chi connectivity index (χ0n) is 7.18. The summed E-state index contributed by atoms with van der Waals surface area (Å²) in [5.74, 6) is -1.34. The maximum absolute atomic E-state index is 10.1. The van der Waals surface area contributed by atoms with E-state index in [0.717, 1.165) is 12.2 Å². The molecule has 3 nitrogen and oxygen atoms in total. The van der Waals surface area contributed by atoms with Gasteiger partial charge in [-0.2, -0.15) is 0 Å². The number of hydrogen-bond acceptors (Lipinski definition) is 3. The lowest BCUT2D eigenvalue weighted by Crippen LogP contribution is -2.19. The van der Waals surface area contributed by atoms with Crippen LogP contribution in [0.4, 0.5) is 0 Å². The molecule has 0 aliphatic heterocycles. The van der Waals surface area contributed by atoms with Gasteiger partial charge in [-0.15, -0.1) is 0 Å². The highest BCUT2D eigenvalue weighted by molar-refractivity contribution is 6.30. The monoisotopic (exact) mass is 211 g/mol. The lowest BCUT2D eigenvalue weighted by molar-refractivity contribution is -0.297. The second-order valence-electron chi connectivity index (χ2n) is 2.67. The molecule has 4 heteroatoms. The molecule has 1 unspecified atom stereocenters. The maximum Gasteiger partial charge on any atom is 0.0975 e. The first-order chi connectivity index (χ1) is 6.59. The van der Waals surface area contributed by atoms with Gasteiger partial charge in [-0.3, -0.25) is 0 Å². The van der Waals surface area contributed by atoms with Crippen LogP contribution in [-0.2, 0) is 4.79 Å². The fourth-order valence-electron chi connectivity index (χ4n) is 0.941. The molecule has 0 radical (unpaired) electrons. The van der Waals surface area contributed by atoms with Gasteiger partial charge in [0.25, 0.3) is 0 Å². The van der Waals surface area contributed by atoms with Crippen molar-refractivity contribution >= 4 is 17.6 Å². The van der Waals surface area contributed by atoms with E-state index in [1.165, 1.54) is 0 Å². The lowest BCUT2D eigenvalue weighted by atomic mass is 10.1. The highest BCUT2D eigenvalue weighted by atomic mass is 35.5. The topological polar surface area (TPSA) is 60.4 Å². The number of rotatable bonds is 3. The van der Waals surface area contributed by atoms with Gasteiger partial charge in [0.2, 0.25) is 0 Å². The summed E-state index contributed by atoms with van der Waals surface area (Å²) in [4.78, 5) is 10.1. The van der Waals surface area contributed by atoms with Crippen LogP contribution in [0.1, 0.15) is 11.7 Å². The minimum Gasteiger partial charge on any atom is -0.545 e. The first-order valence-electron chi connectivity index (χ1n) is 3.92. The third kappa shape index (κ3) is 3.20. The number of carboxylic acid groups (broad SMARTS) is 1. The number of aliphatic carboxylic acids is 1. The van der Waals surface area contributed by atoms with E-state index in [4.69, 9.17) is 11.6 Å². The zero-order chi connectivity index (χ0) is 10.6. The van der Waals surface area contributed by atoms with E-state index in [1.54, 1.807) is 24.3 Å². The molecule has 0 spiro atoms. The zero-order valence-corrected chi connectivity index (χ0v) is 7.94. The van der Waals surface area contributed by atoms with Crippen molar-refractivity contribution in [1.29, 1.82) is 0 Å². The molecule has 0 amide bonds. The standard InChI is InChI=1S/C10H9ClO3/c11-8-3-1-7(2-4-8)9(12)5-6-10(13)14/h1-6,9,12H,(H,13,14)/p-1/b6-5+. The molecule has 1 aromatic rings. The third-order valence-electron chi connectivity index (χ3n) is 1.63. The van der Waals surface area contributed by atoms with Crippen LogP contribution >= 0.6 is 11.6 Å². The van der Waals surface area contributed by atoms with E-state index >= 15 is 0 Å². The number of aliphatic hydroxyl groups excluding tert-OH is 1. The third-order valence-corrected chi connectivity index (χ3v) is 1.88. The van der Waals surface area contributed by atoms with Crippen LogP contribution in [0.5, 0.6) is 0 Å². The fourth-order valence-corrected chi connectivity index (χ4v) is 1.07. The van der Waals surface area contributed by atoms with Gasteiger partial charge in [-0.25, -0.2) is 0 Å². The van der Waals surface area contributed by atoms with Crippen LogP contribution in [-0.4, -0.2) is 11.1 Å². The first-order valence-corrected chi connectivity index (χ1v) is 4.30. The molecular weight excluding hydrogens is 204 g/mol. The lowest BCUT2D eigenvalue weighted by Gasteiger charge is -2.05. The molecule has 14 heavy (non-hydrogen) atoms.